The lowest BCUT2D eigenvalue weighted by molar-refractivity contribution is 1.08. The Labute approximate surface area is 333 Å². The minimum absolute atomic E-state index is 0.478. The average molecular weight is 758 g/mol. The summed E-state index contributed by atoms with van der Waals surface area (Å²) in [5.41, 5.74) is 14.9. The number of nitrogens with zero attached hydrogens (tertiary/aromatic N) is 3. The summed E-state index contributed by atoms with van der Waals surface area (Å²) in [5, 5.41) is 12.1. The molecular formula is C49H35N5S2. The van der Waals surface area contributed by atoms with Gasteiger partial charge in [-0.3, -0.25) is 5.41 Å². The smallest absolute Gasteiger partial charge is 0.164 e. The zero-order valence-corrected chi connectivity index (χ0v) is 32.1. The predicted octanol–water partition coefficient (Wildman–Crippen LogP) is 13.1. The van der Waals surface area contributed by atoms with Crippen LogP contribution in [0.15, 0.2) is 176 Å². The Bertz CT molecular complexity index is 2950. The number of nitrogens with two attached hydrogens (primary N) is 1. The molecule has 7 aromatic carbocycles. The number of nitrogens with one attached hydrogen (secondary N) is 1. The van der Waals surface area contributed by atoms with Crippen molar-refractivity contribution in [2.45, 2.75) is 6.92 Å². The molecule has 0 radical (unpaired) electrons. The summed E-state index contributed by atoms with van der Waals surface area (Å²) in [7, 11) is 0. The summed E-state index contributed by atoms with van der Waals surface area (Å²) in [6, 6.07) is 59.6. The monoisotopic (exact) mass is 757 g/mol. The maximum absolute atomic E-state index is 8.63. The number of aromatic nitrogens is 3. The maximum atomic E-state index is 8.63. The van der Waals surface area contributed by atoms with Crippen LogP contribution in [0.3, 0.4) is 0 Å². The number of hydrogen-bond acceptors (Lipinski definition) is 7. The Balaban J connectivity index is 0.000000153. The van der Waals surface area contributed by atoms with Gasteiger partial charge in [0.1, 0.15) is 0 Å². The van der Waals surface area contributed by atoms with Crippen LogP contribution in [0.4, 0.5) is 5.69 Å². The Morgan fingerprint density at radius 1 is 0.482 bits per heavy atom. The van der Waals surface area contributed by atoms with Crippen molar-refractivity contribution in [1.82, 2.24) is 15.0 Å². The second-order valence-electron chi connectivity index (χ2n) is 13.5. The molecule has 0 spiro atoms. The molecular weight excluding hydrogens is 723 g/mol. The molecule has 0 aliphatic heterocycles. The van der Waals surface area contributed by atoms with Crippen LogP contribution in [-0.2, 0) is 0 Å². The number of aryl methyl sites for hydroxylation is 1. The molecule has 0 saturated heterocycles. The summed E-state index contributed by atoms with van der Waals surface area (Å²) in [6.45, 7) is 2.13. The van der Waals surface area contributed by atoms with Crippen LogP contribution in [0.1, 0.15) is 16.0 Å². The van der Waals surface area contributed by atoms with Crippen LogP contribution < -0.4 is 5.73 Å². The van der Waals surface area contributed by atoms with Gasteiger partial charge in [0.25, 0.3) is 0 Å². The lowest BCUT2D eigenvalue weighted by Gasteiger charge is -2.09. The van der Waals surface area contributed by atoms with E-state index >= 15 is 0 Å². The number of benzene rings is 7. The molecule has 3 aromatic heterocycles. The van der Waals surface area contributed by atoms with Crippen LogP contribution in [0.5, 0.6) is 0 Å². The van der Waals surface area contributed by atoms with Crippen molar-refractivity contribution in [3.05, 3.63) is 192 Å². The molecule has 10 rings (SSSR count). The van der Waals surface area contributed by atoms with Gasteiger partial charge in [-0.05, 0) is 48.4 Å². The quantitative estimate of drug-likeness (QED) is 0.165. The van der Waals surface area contributed by atoms with Crippen LogP contribution >= 0.6 is 22.7 Å². The van der Waals surface area contributed by atoms with Crippen LogP contribution in [0.25, 0.3) is 75.5 Å². The standard InChI is InChI=1S/C28H19N3S.C21H16N2S/c1-18-15-16-23-22(17-18)25-21(13-8-14-24(25)32-23)28-30-26(19-9-4-2-5-10-19)29-27(31-28)20-11-6-3-7-12-20;22-19(21-20(23)17-11-4-5-12-18(17)24-21)16-10-6-9-15(13-16)14-7-2-1-3-8-14/h2-17H,1H3;1-13,22H,23H2. The van der Waals surface area contributed by atoms with Gasteiger partial charge in [-0.15, -0.1) is 22.7 Å². The van der Waals surface area contributed by atoms with Gasteiger partial charge in [-0.2, -0.15) is 0 Å². The lowest BCUT2D eigenvalue weighted by atomic mass is 10.00. The van der Waals surface area contributed by atoms with Gasteiger partial charge in [-0.25, -0.2) is 15.0 Å². The van der Waals surface area contributed by atoms with E-state index in [1.54, 1.807) is 11.3 Å². The van der Waals surface area contributed by atoms with Gasteiger partial charge in [0.2, 0.25) is 0 Å². The van der Waals surface area contributed by atoms with E-state index in [9.17, 15) is 0 Å². The highest BCUT2D eigenvalue weighted by Gasteiger charge is 2.18. The van der Waals surface area contributed by atoms with Gasteiger partial charge >= 0.3 is 0 Å². The third-order valence-corrected chi connectivity index (χ3v) is 12.1. The maximum Gasteiger partial charge on any atom is 0.164 e. The summed E-state index contributed by atoms with van der Waals surface area (Å²) in [5.74, 6) is 2.06. The number of hydrogen-bond donors (Lipinski definition) is 2. The number of fused-ring (bicyclic) bond motifs is 4. The lowest BCUT2D eigenvalue weighted by Crippen LogP contribution is -2.02. The topological polar surface area (TPSA) is 88.5 Å². The molecule has 0 amide bonds. The Morgan fingerprint density at radius 2 is 1.04 bits per heavy atom. The summed E-state index contributed by atoms with van der Waals surface area (Å²) in [6.07, 6.45) is 0. The van der Waals surface area contributed by atoms with E-state index in [-0.39, 0.29) is 0 Å². The fraction of sp³-hybridized carbons (Fsp3) is 0.0204. The second-order valence-corrected chi connectivity index (χ2v) is 15.6. The molecule has 56 heavy (non-hydrogen) atoms. The van der Waals surface area contributed by atoms with E-state index < -0.39 is 0 Å². The van der Waals surface area contributed by atoms with Crippen molar-refractivity contribution in [2.24, 2.45) is 0 Å². The molecule has 3 heterocycles. The van der Waals surface area contributed by atoms with Gasteiger partial charge < -0.3 is 5.73 Å². The molecule has 0 fully saturated rings. The van der Waals surface area contributed by atoms with Gasteiger partial charge in [0.15, 0.2) is 17.5 Å². The van der Waals surface area contributed by atoms with Crippen molar-refractivity contribution >= 4 is 64.3 Å². The van der Waals surface area contributed by atoms with Crippen molar-refractivity contribution < 1.29 is 0 Å². The zero-order valence-electron chi connectivity index (χ0n) is 30.5. The van der Waals surface area contributed by atoms with Gasteiger partial charge in [-0.1, -0.05) is 151 Å². The van der Waals surface area contributed by atoms with E-state index in [2.05, 4.69) is 67.6 Å². The Hall–Kier alpha value is -6.80. The fourth-order valence-electron chi connectivity index (χ4n) is 6.92. The molecule has 7 heteroatoms. The first kappa shape index (κ1) is 34.9. The number of anilines is 1. The minimum atomic E-state index is 0.478. The third-order valence-electron chi connectivity index (χ3n) is 9.71. The third kappa shape index (κ3) is 6.86. The van der Waals surface area contributed by atoms with Crippen LogP contribution in [0, 0.1) is 12.3 Å². The average Bonchev–Trinajstić information content (AvgIpc) is 3.81. The normalized spacial score (nSPS) is 11.1. The van der Waals surface area contributed by atoms with E-state index in [4.69, 9.17) is 26.1 Å². The second kappa shape index (κ2) is 15.1. The van der Waals surface area contributed by atoms with Crippen molar-refractivity contribution in [2.75, 3.05) is 5.73 Å². The highest BCUT2D eigenvalue weighted by Crippen LogP contribution is 2.40. The molecule has 0 atom stereocenters. The molecule has 0 unspecified atom stereocenters. The highest BCUT2D eigenvalue weighted by molar-refractivity contribution is 7.26. The van der Waals surface area contributed by atoms with Crippen molar-refractivity contribution in [3.8, 4) is 45.3 Å². The minimum Gasteiger partial charge on any atom is -0.397 e. The van der Waals surface area contributed by atoms with E-state index in [0.717, 1.165) is 48.3 Å². The zero-order chi connectivity index (χ0) is 38.0. The van der Waals surface area contributed by atoms with E-state index in [1.165, 1.54) is 25.7 Å². The molecule has 3 N–H and O–H groups in total. The van der Waals surface area contributed by atoms with Crippen LogP contribution in [-0.4, -0.2) is 20.7 Å². The van der Waals surface area contributed by atoms with E-state index in [0.29, 0.717) is 28.9 Å². The van der Waals surface area contributed by atoms with Crippen LogP contribution in [0.2, 0.25) is 0 Å². The molecule has 0 bridgehead atoms. The molecule has 0 aliphatic rings. The Kier molecular flexibility index (Phi) is 9.45. The van der Waals surface area contributed by atoms with Crippen molar-refractivity contribution in [3.63, 3.8) is 0 Å². The largest absolute Gasteiger partial charge is 0.397 e. The number of thiophene rings is 2. The predicted molar refractivity (Wildman–Crippen MR) is 238 cm³/mol. The summed E-state index contributed by atoms with van der Waals surface area (Å²) in [4.78, 5) is 15.5. The first-order chi connectivity index (χ1) is 27.5. The first-order valence-electron chi connectivity index (χ1n) is 18.3. The molecule has 5 nitrogen and oxygen atoms in total. The number of nitrogen functional groups attached to an aromatic ring is 1. The molecule has 268 valence electrons. The molecule has 10 aromatic rings. The SMILES string of the molecule is Cc1ccc2sc3cccc(-c4nc(-c5ccccc5)nc(-c5ccccc5)n4)c3c2c1.N=C(c1cccc(-c2ccccc2)c1)c1sc2ccccc2c1N. The van der Waals surface area contributed by atoms with Gasteiger partial charge in [0, 0.05) is 52.5 Å². The van der Waals surface area contributed by atoms with Crippen molar-refractivity contribution in [1.29, 1.82) is 5.41 Å². The summed E-state index contributed by atoms with van der Waals surface area (Å²) >= 11 is 3.39. The summed E-state index contributed by atoms with van der Waals surface area (Å²) < 4.78 is 3.64. The molecule has 0 aliphatic carbocycles. The van der Waals surface area contributed by atoms with E-state index in [1.807, 2.05) is 127 Å². The first-order valence-corrected chi connectivity index (χ1v) is 19.9. The highest BCUT2D eigenvalue weighted by atomic mass is 32.1. The Morgan fingerprint density at radius 3 is 1.71 bits per heavy atom. The molecule has 0 saturated carbocycles. The number of rotatable bonds is 6. The fourth-order valence-corrected chi connectivity index (χ4v) is 9.13. The van der Waals surface area contributed by atoms with Gasteiger partial charge in [0.05, 0.1) is 16.3 Å².